The Labute approximate surface area is 116 Å². The predicted molar refractivity (Wildman–Crippen MR) is 72.1 cm³/mol. The summed E-state index contributed by atoms with van der Waals surface area (Å²) in [6.07, 6.45) is 1.44. The maximum absolute atomic E-state index is 13.5. The number of benzene rings is 1. The molecule has 0 radical (unpaired) electrons. The van der Waals surface area contributed by atoms with Gasteiger partial charge in [-0.05, 0) is 24.3 Å². The predicted octanol–water partition coefficient (Wildman–Crippen LogP) is 2.80. The number of thiocarbonyl (C=S) groups is 1. The van der Waals surface area contributed by atoms with Crippen molar-refractivity contribution in [2.45, 2.75) is 0 Å². The van der Waals surface area contributed by atoms with Crippen LogP contribution in [0.1, 0.15) is 5.69 Å². The third-order valence-corrected chi connectivity index (χ3v) is 2.68. The molecule has 18 heavy (non-hydrogen) atoms. The Hall–Kier alpha value is -1.60. The first-order valence-electron chi connectivity index (χ1n) is 4.82. The maximum atomic E-state index is 13.5. The molecule has 1 heterocycles. The van der Waals surface area contributed by atoms with Crippen molar-refractivity contribution >= 4 is 33.1 Å². The Morgan fingerprint density at radius 2 is 2.17 bits per heavy atom. The van der Waals surface area contributed by atoms with Gasteiger partial charge in [-0.15, -0.1) is 0 Å². The van der Waals surface area contributed by atoms with Crippen LogP contribution in [0.25, 0.3) is 0 Å². The van der Waals surface area contributed by atoms with E-state index < -0.39 is 5.82 Å². The van der Waals surface area contributed by atoms with E-state index in [-0.39, 0.29) is 16.7 Å². The van der Waals surface area contributed by atoms with Gasteiger partial charge in [0.1, 0.15) is 10.7 Å². The van der Waals surface area contributed by atoms with Gasteiger partial charge in [0.15, 0.2) is 11.6 Å². The Bertz CT molecular complexity index is 609. The lowest BCUT2D eigenvalue weighted by molar-refractivity contribution is 0.410. The van der Waals surface area contributed by atoms with Crippen LogP contribution in [0.4, 0.5) is 4.39 Å². The van der Waals surface area contributed by atoms with Crippen molar-refractivity contribution < 1.29 is 9.13 Å². The molecule has 1 aromatic heterocycles. The molecule has 2 aromatic rings. The van der Waals surface area contributed by atoms with Crippen LogP contribution in [0.5, 0.6) is 11.8 Å². The van der Waals surface area contributed by atoms with Crippen LogP contribution < -0.4 is 10.5 Å². The van der Waals surface area contributed by atoms with Crippen molar-refractivity contribution in [3.05, 3.63) is 46.4 Å². The fraction of sp³-hybridized carbons (Fsp3) is 0. The summed E-state index contributed by atoms with van der Waals surface area (Å²) < 4.78 is 19.4. The number of rotatable bonds is 3. The van der Waals surface area contributed by atoms with Crippen LogP contribution in [0.15, 0.2) is 34.9 Å². The van der Waals surface area contributed by atoms with Crippen LogP contribution >= 0.6 is 28.1 Å². The average Bonchev–Trinajstić information content (AvgIpc) is 2.33. The molecule has 0 bridgehead atoms. The summed E-state index contributed by atoms with van der Waals surface area (Å²) in [6.45, 7) is 0. The molecule has 0 aliphatic rings. The van der Waals surface area contributed by atoms with E-state index in [0.29, 0.717) is 10.2 Å². The molecule has 0 unspecified atom stereocenters. The van der Waals surface area contributed by atoms with E-state index in [1.807, 2.05) is 0 Å². The van der Waals surface area contributed by atoms with Gasteiger partial charge in [0.05, 0.1) is 0 Å². The first kappa shape index (κ1) is 12.8. The third kappa shape index (κ3) is 2.99. The monoisotopic (exact) mass is 327 g/mol. The lowest BCUT2D eigenvalue weighted by atomic mass is 10.3. The molecule has 4 nitrogen and oxygen atoms in total. The van der Waals surface area contributed by atoms with E-state index >= 15 is 0 Å². The van der Waals surface area contributed by atoms with Crippen LogP contribution in [0, 0.1) is 5.82 Å². The number of halogens is 2. The summed E-state index contributed by atoms with van der Waals surface area (Å²) in [5, 5.41) is 0. The van der Waals surface area contributed by atoms with Gasteiger partial charge in [0, 0.05) is 10.7 Å². The zero-order valence-corrected chi connectivity index (χ0v) is 11.3. The summed E-state index contributed by atoms with van der Waals surface area (Å²) in [5.41, 5.74) is 5.80. The second-order valence-electron chi connectivity index (χ2n) is 3.27. The molecule has 2 rings (SSSR count). The Balaban J connectivity index is 2.28. The van der Waals surface area contributed by atoms with Crippen molar-refractivity contribution in [1.29, 1.82) is 0 Å². The van der Waals surface area contributed by atoms with E-state index in [4.69, 9.17) is 22.7 Å². The SMILES string of the molecule is NC(=S)c1ccnc(Oc2ccc(Br)cc2F)n1. The van der Waals surface area contributed by atoms with Crippen LogP contribution in [0.3, 0.4) is 0 Å². The minimum atomic E-state index is -0.520. The van der Waals surface area contributed by atoms with Gasteiger partial charge in [-0.2, -0.15) is 4.98 Å². The highest BCUT2D eigenvalue weighted by Gasteiger charge is 2.08. The van der Waals surface area contributed by atoms with E-state index in [1.54, 1.807) is 12.1 Å². The highest BCUT2D eigenvalue weighted by Crippen LogP contribution is 2.24. The van der Waals surface area contributed by atoms with E-state index in [1.165, 1.54) is 18.3 Å². The van der Waals surface area contributed by atoms with Crippen molar-refractivity contribution in [2.24, 2.45) is 5.73 Å². The minimum absolute atomic E-state index is 0.0125. The molecular weight excluding hydrogens is 321 g/mol. The highest BCUT2D eigenvalue weighted by molar-refractivity contribution is 9.10. The Morgan fingerprint density at radius 1 is 1.39 bits per heavy atom. The zero-order valence-electron chi connectivity index (χ0n) is 8.93. The molecule has 0 amide bonds. The summed E-state index contributed by atoms with van der Waals surface area (Å²) in [6, 6.07) is 5.94. The number of ether oxygens (including phenoxy) is 1. The van der Waals surface area contributed by atoms with Gasteiger partial charge in [0.25, 0.3) is 0 Å². The van der Waals surface area contributed by atoms with Gasteiger partial charge < -0.3 is 10.5 Å². The molecule has 0 aliphatic carbocycles. The molecule has 0 aliphatic heterocycles. The van der Waals surface area contributed by atoms with Crippen molar-refractivity contribution in [3.63, 3.8) is 0 Å². The number of nitrogens with two attached hydrogens (primary N) is 1. The second kappa shape index (κ2) is 5.36. The lowest BCUT2D eigenvalue weighted by Gasteiger charge is -2.06. The fourth-order valence-electron chi connectivity index (χ4n) is 1.18. The van der Waals surface area contributed by atoms with Crippen molar-refractivity contribution in [3.8, 4) is 11.8 Å². The van der Waals surface area contributed by atoms with Gasteiger partial charge in [-0.1, -0.05) is 28.1 Å². The first-order chi connectivity index (χ1) is 8.56. The molecule has 2 N–H and O–H groups in total. The summed E-state index contributed by atoms with van der Waals surface area (Å²) >= 11 is 7.93. The molecule has 0 saturated carbocycles. The quantitative estimate of drug-likeness (QED) is 0.878. The van der Waals surface area contributed by atoms with E-state index in [0.717, 1.165) is 0 Å². The molecule has 0 spiro atoms. The Kier molecular flexibility index (Phi) is 3.83. The summed E-state index contributed by atoms with van der Waals surface area (Å²) in [7, 11) is 0. The van der Waals surface area contributed by atoms with Crippen molar-refractivity contribution in [1.82, 2.24) is 9.97 Å². The van der Waals surface area contributed by atoms with Gasteiger partial charge >= 0.3 is 6.01 Å². The number of hydrogen-bond donors (Lipinski definition) is 1. The minimum Gasteiger partial charge on any atom is -0.421 e. The highest BCUT2D eigenvalue weighted by atomic mass is 79.9. The summed E-state index contributed by atoms with van der Waals surface area (Å²) in [4.78, 5) is 7.93. The largest absolute Gasteiger partial charge is 0.421 e. The number of nitrogens with zero attached hydrogens (tertiary/aromatic N) is 2. The standard InChI is InChI=1S/C11H7BrFN3OS/c12-6-1-2-9(7(13)5-6)17-11-15-4-3-8(16-11)10(14)18/h1-5H,(H2,14,18). The second-order valence-corrected chi connectivity index (χ2v) is 4.62. The lowest BCUT2D eigenvalue weighted by Crippen LogP contribution is -2.12. The van der Waals surface area contributed by atoms with Gasteiger partial charge in [0.2, 0.25) is 0 Å². The fourth-order valence-corrected chi connectivity index (χ4v) is 1.63. The van der Waals surface area contributed by atoms with Gasteiger partial charge in [-0.3, -0.25) is 0 Å². The van der Waals surface area contributed by atoms with Crippen molar-refractivity contribution in [2.75, 3.05) is 0 Å². The van der Waals surface area contributed by atoms with Crippen LogP contribution in [0.2, 0.25) is 0 Å². The van der Waals surface area contributed by atoms with Crippen LogP contribution in [-0.2, 0) is 0 Å². The molecule has 0 fully saturated rings. The number of hydrogen-bond acceptors (Lipinski definition) is 4. The molecule has 0 atom stereocenters. The summed E-state index contributed by atoms with van der Waals surface area (Å²) in [5.74, 6) is -0.494. The molecule has 0 saturated heterocycles. The molecule has 92 valence electrons. The third-order valence-electron chi connectivity index (χ3n) is 1.98. The molecular formula is C11H7BrFN3OS. The van der Waals surface area contributed by atoms with E-state index in [9.17, 15) is 4.39 Å². The average molecular weight is 328 g/mol. The van der Waals surface area contributed by atoms with Crippen LogP contribution in [-0.4, -0.2) is 15.0 Å². The first-order valence-corrected chi connectivity index (χ1v) is 6.02. The topological polar surface area (TPSA) is 61.0 Å². The Morgan fingerprint density at radius 3 is 2.83 bits per heavy atom. The zero-order chi connectivity index (χ0) is 13.1. The normalized spacial score (nSPS) is 10.1. The molecule has 7 heteroatoms. The number of aromatic nitrogens is 2. The van der Waals surface area contributed by atoms with E-state index in [2.05, 4.69) is 25.9 Å². The molecule has 1 aromatic carbocycles. The van der Waals surface area contributed by atoms with Gasteiger partial charge in [-0.25, -0.2) is 9.37 Å². The smallest absolute Gasteiger partial charge is 0.322 e. The maximum Gasteiger partial charge on any atom is 0.322 e.